The van der Waals surface area contributed by atoms with E-state index in [0.717, 1.165) is 25.7 Å². The highest BCUT2D eigenvalue weighted by atomic mass is 16.6. The molecule has 5 heteroatoms. The minimum atomic E-state index is -1.24. The summed E-state index contributed by atoms with van der Waals surface area (Å²) in [6.07, 6.45) is 3.87. The standard InChI is InChI=1S/C21H30O5/c1-5-25-19(23)21(20(24)26-6-2)11-16-12(3)10-15(13(4)22)14-8-7-9-17(21)18(14)16/h14-15,17-18H,5-11H2,1-4H3/t14-,15-,17-,18-/m1/s1. The summed E-state index contributed by atoms with van der Waals surface area (Å²) in [4.78, 5) is 38.3. The van der Waals surface area contributed by atoms with E-state index in [0.29, 0.717) is 6.42 Å². The summed E-state index contributed by atoms with van der Waals surface area (Å²) in [6, 6.07) is 0. The number of ether oxygens (including phenoxy) is 2. The van der Waals surface area contributed by atoms with E-state index in [1.165, 1.54) is 11.1 Å². The van der Waals surface area contributed by atoms with Crippen molar-refractivity contribution >= 4 is 17.7 Å². The number of rotatable bonds is 5. The molecule has 2 saturated carbocycles. The molecule has 0 saturated heterocycles. The first-order valence-electron chi connectivity index (χ1n) is 9.91. The molecule has 0 aromatic carbocycles. The second kappa shape index (κ2) is 7.16. The molecule has 144 valence electrons. The van der Waals surface area contributed by atoms with Gasteiger partial charge in [-0.3, -0.25) is 14.4 Å². The van der Waals surface area contributed by atoms with Crippen molar-refractivity contribution in [1.29, 1.82) is 0 Å². The lowest BCUT2D eigenvalue weighted by Gasteiger charge is -2.44. The molecule has 0 radical (unpaired) electrons. The van der Waals surface area contributed by atoms with Crippen LogP contribution in [0.3, 0.4) is 0 Å². The van der Waals surface area contributed by atoms with Crippen LogP contribution in [0.4, 0.5) is 0 Å². The number of hydrogen-bond acceptors (Lipinski definition) is 5. The SMILES string of the molecule is CCOC(=O)C1(C(=O)OCC)CC2=C(C)C[C@H](C(C)=O)[C@H]3CCC[C@@H]1[C@@H]23. The Morgan fingerprint density at radius 2 is 1.69 bits per heavy atom. The third-order valence-electron chi connectivity index (χ3n) is 6.84. The predicted octanol–water partition coefficient (Wildman–Crippen LogP) is 3.46. The van der Waals surface area contributed by atoms with Crippen LogP contribution in [0.25, 0.3) is 0 Å². The van der Waals surface area contributed by atoms with Gasteiger partial charge < -0.3 is 9.47 Å². The summed E-state index contributed by atoms with van der Waals surface area (Å²) in [6.45, 7) is 7.74. The van der Waals surface area contributed by atoms with E-state index in [2.05, 4.69) is 6.92 Å². The third kappa shape index (κ3) is 2.71. The fraction of sp³-hybridized carbons (Fsp3) is 0.762. The number of hydrogen-bond donors (Lipinski definition) is 0. The van der Waals surface area contributed by atoms with Crippen molar-refractivity contribution in [2.45, 2.75) is 59.8 Å². The summed E-state index contributed by atoms with van der Waals surface area (Å²) >= 11 is 0. The van der Waals surface area contributed by atoms with Gasteiger partial charge in [0.1, 0.15) is 5.78 Å². The van der Waals surface area contributed by atoms with Gasteiger partial charge in [-0.2, -0.15) is 0 Å². The Kier molecular flexibility index (Phi) is 5.27. The fourth-order valence-corrected chi connectivity index (χ4v) is 5.83. The van der Waals surface area contributed by atoms with Crippen molar-refractivity contribution < 1.29 is 23.9 Å². The lowest BCUT2D eigenvalue weighted by atomic mass is 9.59. The minimum absolute atomic E-state index is 0.00624. The van der Waals surface area contributed by atoms with Crippen molar-refractivity contribution in [3.8, 4) is 0 Å². The summed E-state index contributed by atoms with van der Waals surface area (Å²) in [5.74, 6) is -0.427. The van der Waals surface area contributed by atoms with Gasteiger partial charge in [0, 0.05) is 5.92 Å². The number of carbonyl (C=O) groups is 3. The number of allylic oxidation sites excluding steroid dienone is 2. The molecular formula is C21H30O5. The second-order valence-corrected chi connectivity index (χ2v) is 8.04. The molecule has 0 unspecified atom stereocenters. The van der Waals surface area contributed by atoms with Gasteiger partial charge in [0.25, 0.3) is 0 Å². The van der Waals surface area contributed by atoms with Crippen LogP contribution < -0.4 is 0 Å². The summed E-state index contributed by atoms with van der Waals surface area (Å²) < 4.78 is 10.7. The number of ketones is 1. The number of carbonyl (C=O) groups excluding carboxylic acids is 3. The van der Waals surface area contributed by atoms with E-state index in [1.807, 2.05) is 0 Å². The fourth-order valence-electron chi connectivity index (χ4n) is 5.83. The number of esters is 2. The maximum atomic E-state index is 13.0. The summed E-state index contributed by atoms with van der Waals surface area (Å²) in [7, 11) is 0. The van der Waals surface area contributed by atoms with Crippen LogP contribution >= 0.6 is 0 Å². The Balaban J connectivity index is 2.10. The molecule has 3 aliphatic carbocycles. The van der Waals surface area contributed by atoms with Gasteiger partial charge in [-0.25, -0.2) is 0 Å². The van der Waals surface area contributed by atoms with Crippen LogP contribution in [0, 0.1) is 29.1 Å². The molecule has 3 rings (SSSR count). The van der Waals surface area contributed by atoms with E-state index in [4.69, 9.17) is 9.47 Å². The molecule has 0 aromatic heterocycles. The molecule has 0 spiro atoms. The third-order valence-corrected chi connectivity index (χ3v) is 6.84. The first kappa shape index (κ1) is 19.1. The van der Waals surface area contributed by atoms with Crippen molar-refractivity contribution in [1.82, 2.24) is 0 Å². The van der Waals surface area contributed by atoms with Crippen molar-refractivity contribution in [3.63, 3.8) is 0 Å². The average Bonchev–Trinajstić information content (AvgIpc) is 2.96. The van der Waals surface area contributed by atoms with Crippen LogP contribution in [-0.4, -0.2) is 30.9 Å². The van der Waals surface area contributed by atoms with Crippen LogP contribution in [-0.2, 0) is 23.9 Å². The zero-order chi connectivity index (χ0) is 19.1. The van der Waals surface area contributed by atoms with E-state index >= 15 is 0 Å². The molecule has 4 atom stereocenters. The second-order valence-electron chi connectivity index (χ2n) is 8.04. The highest BCUT2D eigenvalue weighted by Gasteiger charge is 2.66. The molecule has 3 aliphatic rings. The molecule has 0 heterocycles. The molecule has 0 amide bonds. The highest BCUT2D eigenvalue weighted by molar-refractivity contribution is 6.01. The zero-order valence-corrected chi connectivity index (χ0v) is 16.3. The Morgan fingerprint density at radius 1 is 1.08 bits per heavy atom. The minimum Gasteiger partial charge on any atom is -0.465 e. The van der Waals surface area contributed by atoms with Crippen LogP contribution in [0.2, 0.25) is 0 Å². The van der Waals surface area contributed by atoms with Gasteiger partial charge in [0.05, 0.1) is 13.2 Å². The summed E-state index contributed by atoms with van der Waals surface area (Å²) in [5.41, 5.74) is 1.14. The quantitative estimate of drug-likeness (QED) is 0.425. The van der Waals surface area contributed by atoms with Crippen LogP contribution in [0.1, 0.15) is 59.8 Å². The topological polar surface area (TPSA) is 69.7 Å². The molecule has 0 bridgehead atoms. The predicted molar refractivity (Wildman–Crippen MR) is 96.1 cm³/mol. The monoisotopic (exact) mass is 362 g/mol. The maximum Gasteiger partial charge on any atom is 0.324 e. The van der Waals surface area contributed by atoms with Gasteiger partial charge >= 0.3 is 11.9 Å². The Labute approximate surface area is 155 Å². The Bertz CT molecular complexity index is 629. The van der Waals surface area contributed by atoms with Gasteiger partial charge in [-0.1, -0.05) is 17.6 Å². The molecule has 0 aliphatic heterocycles. The molecule has 26 heavy (non-hydrogen) atoms. The Morgan fingerprint density at radius 3 is 2.23 bits per heavy atom. The zero-order valence-electron chi connectivity index (χ0n) is 16.3. The first-order chi connectivity index (χ1) is 12.4. The molecule has 2 fully saturated rings. The molecule has 0 aromatic rings. The van der Waals surface area contributed by atoms with Gasteiger partial charge in [-0.15, -0.1) is 0 Å². The Hall–Kier alpha value is -1.65. The maximum absolute atomic E-state index is 13.0. The molecule has 0 N–H and O–H groups in total. The number of Topliss-reactive ketones (excluding diaryl/α,β-unsaturated/α-hetero) is 1. The molecule has 5 nitrogen and oxygen atoms in total. The van der Waals surface area contributed by atoms with Crippen molar-refractivity contribution in [2.24, 2.45) is 29.1 Å². The van der Waals surface area contributed by atoms with E-state index in [9.17, 15) is 14.4 Å². The van der Waals surface area contributed by atoms with Crippen LogP contribution in [0.5, 0.6) is 0 Å². The average molecular weight is 362 g/mol. The smallest absolute Gasteiger partial charge is 0.324 e. The highest BCUT2D eigenvalue weighted by Crippen LogP contribution is 2.63. The van der Waals surface area contributed by atoms with E-state index < -0.39 is 17.4 Å². The lowest BCUT2D eigenvalue weighted by molar-refractivity contribution is -0.177. The van der Waals surface area contributed by atoms with Gasteiger partial charge in [0.2, 0.25) is 0 Å². The van der Waals surface area contributed by atoms with Gasteiger partial charge in [0.15, 0.2) is 5.41 Å². The van der Waals surface area contributed by atoms with E-state index in [-0.39, 0.29) is 42.7 Å². The largest absolute Gasteiger partial charge is 0.465 e. The van der Waals surface area contributed by atoms with Crippen molar-refractivity contribution in [2.75, 3.05) is 13.2 Å². The molecular weight excluding hydrogens is 332 g/mol. The summed E-state index contributed by atoms with van der Waals surface area (Å²) in [5, 5.41) is 0. The van der Waals surface area contributed by atoms with E-state index in [1.54, 1.807) is 20.8 Å². The van der Waals surface area contributed by atoms with Crippen molar-refractivity contribution in [3.05, 3.63) is 11.1 Å². The van der Waals surface area contributed by atoms with Gasteiger partial charge in [-0.05, 0) is 71.1 Å². The lowest BCUT2D eigenvalue weighted by Crippen LogP contribution is -2.48. The normalized spacial score (nSPS) is 32.0. The first-order valence-corrected chi connectivity index (χ1v) is 9.91. The van der Waals surface area contributed by atoms with Crippen LogP contribution in [0.15, 0.2) is 11.1 Å².